The molecule has 0 aliphatic rings. The first-order valence-electron chi connectivity index (χ1n) is 9.49. The molecule has 0 radical (unpaired) electrons. The van der Waals surface area contributed by atoms with E-state index < -0.39 is 5.56 Å². The van der Waals surface area contributed by atoms with Crippen LogP contribution in [-0.2, 0) is 13.5 Å². The first kappa shape index (κ1) is 21.3. The molecule has 0 fully saturated rings. The van der Waals surface area contributed by atoms with Gasteiger partial charge in [-0.2, -0.15) is 15.5 Å². The van der Waals surface area contributed by atoms with Crippen molar-refractivity contribution in [3.63, 3.8) is 0 Å². The number of aryl methyl sites for hydroxylation is 3. The molecule has 0 unspecified atom stereocenters. The highest BCUT2D eigenvalue weighted by molar-refractivity contribution is 5.68. The fourth-order valence-corrected chi connectivity index (χ4v) is 3.02. The second-order valence-electron chi connectivity index (χ2n) is 6.80. The highest BCUT2D eigenvalue weighted by atomic mass is 16.5. The van der Waals surface area contributed by atoms with Crippen molar-refractivity contribution in [1.82, 2.24) is 14.8 Å². The predicted octanol–water partition coefficient (Wildman–Crippen LogP) is 3.31. The highest BCUT2D eigenvalue weighted by Gasteiger charge is 2.14. The lowest BCUT2D eigenvalue weighted by molar-refractivity contribution is 0.416. The van der Waals surface area contributed by atoms with Crippen LogP contribution in [0.4, 0.5) is 23.1 Å². The van der Waals surface area contributed by atoms with Crippen molar-refractivity contribution >= 4 is 23.1 Å². The van der Waals surface area contributed by atoms with Gasteiger partial charge in [-0.05, 0) is 54.8 Å². The average molecular weight is 415 g/mol. The van der Waals surface area contributed by atoms with Gasteiger partial charge in [-0.25, -0.2) is 4.68 Å². The number of nitrogens with zero attached hydrogens (tertiary/aromatic N) is 5. The van der Waals surface area contributed by atoms with Crippen molar-refractivity contribution in [3.8, 4) is 17.9 Å². The van der Waals surface area contributed by atoms with Crippen LogP contribution >= 0.6 is 0 Å². The van der Waals surface area contributed by atoms with Gasteiger partial charge in [0, 0.05) is 19.2 Å². The molecule has 0 aliphatic heterocycles. The Labute approximate surface area is 179 Å². The SMILES string of the molecule is COc1cc(CCC#N)cc(C)c1Nc1nc(Nc2ccc(C#N)cc2)c(=O)n(C)n1. The molecule has 1 heterocycles. The molecule has 0 aliphatic carbocycles. The topological polar surface area (TPSA) is 129 Å². The van der Waals surface area contributed by atoms with Crippen LogP contribution in [0, 0.1) is 29.6 Å². The minimum absolute atomic E-state index is 0.0898. The van der Waals surface area contributed by atoms with Gasteiger partial charge in [-0.1, -0.05) is 6.07 Å². The summed E-state index contributed by atoms with van der Waals surface area (Å²) < 4.78 is 6.69. The Morgan fingerprint density at radius 3 is 2.55 bits per heavy atom. The predicted molar refractivity (Wildman–Crippen MR) is 117 cm³/mol. The molecule has 3 aromatic rings. The molecule has 31 heavy (non-hydrogen) atoms. The number of methoxy groups -OCH3 is 1. The van der Waals surface area contributed by atoms with E-state index in [9.17, 15) is 4.79 Å². The largest absolute Gasteiger partial charge is 0.495 e. The molecule has 156 valence electrons. The number of rotatable bonds is 7. The van der Waals surface area contributed by atoms with E-state index >= 15 is 0 Å². The van der Waals surface area contributed by atoms with Gasteiger partial charge in [0.15, 0.2) is 0 Å². The summed E-state index contributed by atoms with van der Waals surface area (Å²) in [6.07, 6.45) is 1.05. The van der Waals surface area contributed by atoms with Crippen LogP contribution in [0.1, 0.15) is 23.1 Å². The van der Waals surface area contributed by atoms with Crippen LogP contribution in [0.25, 0.3) is 0 Å². The van der Waals surface area contributed by atoms with Crippen LogP contribution in [0.15, 0.2) is 41.2 Å². The van der Waals surface area contributed by atoms with Gasteiger partial charge in [0.25, 0.3) is 0 Å². The second kappa shape index (κ2) is 9.42. The molecule has 9 nitrogen and oxygen atoms in total. The minimum atomic E-state index is -0.398. The fraction of sp³-hybridized carbons (Fsp3) is 0.227. The zero-order valence-electron chi connectivity index (χ0n) is 17.4. The highest BCUT2D eigenvalue weighted by Crippen LogP contribution is 2.32. The molecule has 3 rings (SSSR count). The van der Waals surface area contributed by atoms with E-state index in [4.69, 9.17) is 15.3 Å². The van der Waals surface area contributed by atoms with Crippen LogP contribution < -0.4 is 20.9 Å². The van der Waals surface area contributed by atoms with Crippen LogP contribution in [0.3, 0.4) is 0 Å². The third-order valence-electron chi connectivity index (χ3n) is 4.58. The van der Waals surface area contributed by atoms with E-state index in [1.807, 2.05) is 25.1 Å². The van der Waals surface area contributed by atoms with Crippen molar-refractivity contribution in [2.75, 3.05) is 17.7 Å². The van der Waals surface area contributed by atoms with Gasteiger partial charge < -0.3 is 15.4 Å². The fourth-order valence-electron chi connectivity index (χ4n) is 3.02. The number of benzene rings is 2. The number of nitrogens with one attached hydrogen (secondary N) is 2. The van der Waals surface area contributed by atoms with Gasteiger partial charge in [-0.15, -0.1) is 5.10 Å². The number of hydrogen-bond acceptors (Lipinski definition) is 8. The van der Waals surface area contributed by atoms with Gasteiger partial charge in [-0.3, -0.25) is 4.79 Å². The van der Waals surface area contributed by atoms with Gasteiger partial charge >= 0.3 is 5.56 Å². The second-order valence-corrected chi connectivity index (χ2v) is 6.80. The maximum Gasteiger partial charge on any atom is 0.309 e. The Balaban J connectivity index is 1.93. The Morgan fingerprint density at radius 2 is 1.90 bits per heavy atom. The molecular formula is C22H21N7O2. The van der Waals surface area contributed by atoms with Gasteiger partial charge in [0.2, 0.25) is 11.8 Å². The summed E-state index contributed by atoms with van der Waals surface area (Å²) in [5.41, 5.74) is 3.30. The lowest BCUT2D eigenvalue weighted by Gasteiger charge is -2.16. The average Bonchev–Trinajstić information content (AvgIpc) is 2.77. The number of hydrogen-bond donors (Lipinski definition) is 2. The number of nitriles is 2. The molecule has 2 aromatic carbocycles. The lowest BCUT2D eigenvalue weighted by Crippen LogP contribution is -2.25. The molecule has 9 heteroatoms. The van der Waals surface area contributed by atoms with Crippen LogP contribution in [-0.4, -0.2) is 21.9 Å². The third-order valence-corrected chi connectivity index (χ3v) is 4.58. The molecule has 0 spiro atoms. The minimum Gasteiger partial charge on any atom is -0.495 e. The molecule has 0 atom stereocenters. The van der Waals surface area contributed by atoms with E-state index in [2.05, 4.69) is 26.8 Å². The third kappa shape index (κ3) is 4.98. The summed E-state index contributed by atoms with van der Waals surface area (Å²) in [7, 11) is 3.10. The molecule has 0 bridgehead atoms. The monoisotopic (exact) mass is 415 g/mol. The van der Waals surface area contributed by atoms with Crippen LogP contribution in [0.5, 0.6) is 5.75 Å². The quantitative estimate of drug-likeness (QED) is 0.601. The molecular weight excluding hydrogens is 394 g/mol. The zero-order chi connectivity index (χ0) is 22.4. The Hall–Kier alpha value is -4.37. The van der Waals surface area contributed by atoms with E-state index in [1.54, 1.807) is 31.4 Å². The van der Waals surface area contributed by atoms with Crippen molar-refractivity contribution < 1.29 is 4.74 Å². The first-order valence-corrected chi connectivity index (χ1v) is 9.49. The van der Waals surface area contributed by atoms with Crippen molar-refractivity contribution in [2.24, 2.45) is 7.05 Å². The Morgan fingerprint density at radius 1 is 1.16 bits per heavy atom. The first-order chi connectivity index (χ1) is 14.9. The summed E-state index contributed by atoms with van der Waals surface area (Å²) >= 11 is 0. The molecule has 1 aromatic heterocycles. The maximum absolute atomic E-state index is 12.5. The summed E-state index contributed by atoms with van der Waals surface area (Å²) in [5.74, 6) is 0.892. The maximum atomic E-state index is 12.5. The molecule has 0 saturated heterocycles. The molecule has 2 N–H and O–H groups in total. The number of anilines is 4. The number of aromatic nitrogens is 3. The van der Waals surface area contributed by atoms with Crippen LogP contribution in [0.2, 0.25) is 0 Å². The normalized spacial score (nSPS) is 10.1. The van der Waals surface area contributed by atoms with E-state index in [1.165, 1.54) is 11.7 Å². The van der Waals surface area contributed by atoms with Crippen molar-refractivity contribution in [3.05, 3.63) is 63.4 Å². The summed E-state index contributed by atoms with van der Waals surface area (Å²) in [6, 6.07) is 14.7. The summed E-state index contributed by atoms with van der Waals surface area (Å²) in [4.78, 5) is 16.8. The Kier molecular flexibility index (Phi) is 6.48. The van der Waals surface area contributed by atoms with Crippen molar-refractivity contribution in [2.45, 2.75) is 19.8 Å². The summed E-state index contributed by atoms with van der Waals surface area (Å²) in [6.45, 7) is 1.92. The lowest BCUT2D eigenvalue weighted by atomic mass is 10.0. The van der Waals surface area contributed by atoms with Gasteiger partial charge in [0.05, 0.1) is 30.5 Å². The van der Waals surface area contributed by atoms with E-state index in [0.717, 1.165) is 11.1 Å². The zero-order valence-corrected chi connectivity index (χ0v) is 17.4. The van der Waals surface area contributed by atoms with Gasteiger partial charge in [0.1, 0.15) is 5.75 Å². The number of ether oxygens (including phenoxy) is 1. The van der Waals surface area contributed by atoms with Crippen molar-refractivity contribution in [1.29, 1.82) is 10.5 Å². The molecule has 0 saturated carbocycles. The standard InChI is InChI=1S/C22H21N7O2/c1-14-11-16(5-4-10-23)12-18(31-3)19(14)26-22-27-20(21(30)29(2)28-22)25-17-8-6-15(13-24)7-9-17/h6-9,11-12H,4-5H2,1-3H3,(H2,25,26,27,28). The summed E-state index contributed by atoms with van der Waals surface area (Å²) in [5, 5.41) is 28.0. The molecule has 0 amide bonds. The Bertz CT molecular complexity index is 1230. The smallest absolute Gasteiger partial charge is 0.309 e. The van der Waals surface area contributed by atoms with E-state index in [0.29, 0.717) is 35.5 Å². The van der Waals surface area contributed by atoms with E-state index in [-0.39, 0.29) is 11.8 Å².